The first kappa shape index (κ1) is 16.7. The van der Waals surface area contributed by atoms with Gasteiger partial charge >= 0.3 is 0 Å². The Balaban J connectivity index is 1.22. The van der Waals surface area contributed by atoms with Gasteiger partial charge in [0.05, 0.1) is 30.4 Å². The molecule has 0 aliphatic carbocycles. The molecular formula is C19H27N5O. The molecule has 0 spiro atoms. The van der Waals surface area contributed by atoms with Crippen molar-refractivity contribution in [1.29, 1.82) is 0 Å². The summed E-state index contributed by atoms with van der Waals surface area (Å²) in [6.45, 7) is 9.64. The Morgan fingerprint density at radius 3 is 2.72 bits per heavy atom. The van der Waals surface area contributed by atoms with E-state index in [-0.39, 0.29) is 0 Å². The number of benzene rings is 1. The smallest absolute Gasteiger partial charge is 0.145 e. The number of morpholine rings is 1. The van der Waals surface area contributed by atoms with Crippen LogP contribution in [0, 0.1) is 5.92 Å². The average Bonchev–Trinajstić information content (AvgIpc) is 3.13. The largest absolute Gasteiger partial charge is 0.379 e. The third-order valence-corrected chi connectivity index (χ3v) is 5.23. The molecule has 1 aromatic carbocycles. The van der Waals surface area contributed by atoms with Gasteiger partial charge < -0.3 is 15.0 Å². The van der Waals surface area contributed by atoms with Gasteiger partial charge in [-0.3, -0.25) is 9.88 Å². The van der Waals surface area contributed by atoms with Gasteiger partial charge in [-0.25, -0.2) is 4.98 Å². The molecule has 3 heterocycles. The normalized spacial score (nSPS) is 22.5. The Hall–Kier alpha value is -1.76. The predicted octanol–water partition coefficient (Wildman–Crippen LogP) is 1.70. The third kappa shape index (κ3) is 4.45. The first-order chi connectivity index (χ1) is 12.4. The Bertz CT molecular complexity index is 688. The second kappa shape index (κ2) is 8.08. The fraction of sp³-hybridized carbons (Fsp3) is 0.579. The van der Waals surface area contributed by atoms with Crippen LogP contribution < -0.4 is 5.32 Å². The molecule has 2 fully saturated rings. The summed E-state index contributed by atoms with van der Waals surface area (Å²) in [6.07, 6.45) is 3.10. The molecule has 0 amide bonds. The van der Waals surface area contributed by atoms with Crippen molar-refractivity contribution in [1.82, 2.24) is 19.8 Å². The maximum absolute atomic E-state index is 5.41. The first-order valence-corrected chi connectivity index (χ1v) is 9.35. The minimum Gasteiger partial charge on any atom is -0.379 e. The van der Waals surface area contributed by atoms with Crippen LogP contribution in [-0.4, -0.2) is 78.8 Å². The zero-order valence-corrected chi connectivity index (χ0v) is 14.7. The molecule has 25 heavy (non-hydrogen) atoms. The number of rotatable bonds is 6. The number of hydrogen-bond acceptors (Lipinski definition) is 6. The molecule has 1 N–H and O–H groups in total. The molecule has 6 nitrogen and oxygen atoms in total. The van der Waals surface area contributed by atoms with Crippen LogP contribution in [0.2, 0.25) is 0 Å². The minimum absolute atomic E-state index is 0.693. The van der Waals surface area contributed by atoms with E-state index in [0.717, 1.165) is 49.7 Å². The molecule has 0 bridgehead atoms. The summed E-state index contributed by atoms with van der Waals surface area (Å²) in [4.78, 5) is 14.2. The van der Waals surface area contributed by atoms with E-state index in [4.69, 9.17) is 4.74 Å². The standard InChI is InChI=1S/C19H27N5O/c1-2-4-18-17(3-1)20-14-19(22-18)21-13-16-5-6-24(15-16)8-7-23-9-11-25-12-10-23/h1-4,14,16H,5-13,15H2,(H,21,22)/t16-/m1/s1. The van der Waals surface area contributed by atoms with Crippen molar-refractivity contribution in [2.24, 2.45) is 5.92 Å². The lowest BCUT2D eigenvalue weighted by atomic mass is 10.1. The van der Waals surface area contributed by atoms with Crippen molar-refractivity contribution in [3.63, 3.8) is 0 Å². The van der Waals surface area contributed by atoms with Crippen LogP contribution in [0.25, 0.3) is 11.0 Å². The molecule has 1 aromatic heterocycles. The van der Waals surface area contributed by atoms with E-state index in [0.29, 0.717) is 5.92 Å². The summed E-state index contributed by atoms with van der Waals surface area (Å²) in [5.41, 5.74) is 1.90. The van der Waals surface area contributed by atoms with Crippen molar-refractivity contribution >= 4 is 16.9 Å². The minimum atomic E-state index is 0.693. The molecule has 2 aliphatic rings. The molecule has 6 heteroatoms. The highest BCUT2D eigenvalue weighted by molar-refractivity contribution is 5.75. The Labute approximate surface area is 149 Å². The number of likely N-dealkylation sites (tertiary alicyclic amines) is 1. The molecular weight excluding hydrogens is 314 g/mol. The molecule has 0 radical (unpaired) electrons. The van der Waals surface area contributed by atoms with Crippen LogP contribution >= 0.6 is 0 Å². The molecule has 2 aromatic rings. The van der Waals surface area contributed by atoms with Crippen LogP contribution in [0.4, 0.5) is 5.82 Å². The van der Waals surface area contributed by atoms with Crippen LogP contribution in [0.3, 0.4) is 0 Å². The van der Waals surface area contributed by atoms with E-state index < -0.39 is 0 Å². The number of para-hydroxylation sites is 2. The van der Waals surface area contributed by atoms with Gasteiger partial charge in [-0.1, -0.05) is 12.1 Å². The van der Waals surface area contributed by atoms with Gasteiger partial charge in [-0.2, -0.15) is 0 Å². The lowest BCUT2D eigenvalue weighted by molar-refractivity contribution is 0.0343. The fourth-order valence-electron chi connectivity index (χ4n) is 3.68. The van der Waals surface area contributed by atoms with Crippen molar-refractivity contribution < 1.29 is 4.74 Å². The Morgan fingerprint density at radius 1 is 1.04 bits per heavy atom. The lowest BCUT2D eigenvalue weighted by Gasteiger charge is -2.28. The van der Waals surface area contributed by atoms with Crippen molar-refractivity contribution in [3.8, 4) is 0 Å². The maximum Gasteiger partial charge on any atom is 0.145 e. The second-order valence-electron chi connectivity index (χ2n) is 7.03. The van der Waals surface area contributed by atoms with E-state index in [2.05, 4.69) is 25.1 Å². The number of anilines is 1. The Morgan fingerprint density at radius 2 is 1.84 bits per heavy atom. The molecule has 0 unspecified atom stereocenters. The van der Waals surface area contributed by atoms with Gasteiger partial charge in [0.2, 0.25) is 0 Å². The highest BCUT2D eigenvalue weighted by Crippen LogP contribution is 2.17. The first-order valence-electron chi connectivity index (χ1n) is 9.35. The van der Waals surface area contributed by atoms with Gasteiger partial charge in [0.25, 0.3) is 0 Å². The molecule has 2 saturated heterocycles. The summed E-state index contributed by atoms with van der Waals surface area (Å²) in [6, 6.07) is 8.00. The van der Waals surface area contributed by atoms with Crippen LogP contribution in [0.15, 0.2) is 30.5 Å². The van der Waals surface area contributed by atoms with Crippen LogP contribution in [-0.2, 0) is 4.74 Å². The highest BCUT2D eigenvalue weighted by Gasteiger charge is 2.23. The Kier molecular flexibility index (Phi) is 5.40. The summed E-state index contributed by atoms with van der Waals surface area (Å²) in [7, 11) is 0. The average molecular weight is 341 g/mol. The summed E-state index contributed by atoms with van der Waals surface area (Å²) in [5.74, 6) is 1.57. The van der Waals surface area contributed by atoms with Crippen molar-refractivity contribution in [3.05, 3.63) is 30.5 Å². The summed E-state index contributed by atoms with van der Waals surface area (Å²) in [5, 5.41) is 3.48. The second-order valence-corrected chi connectivity index (χ2v) is 7.03. The monoisotopic (exact) mass is 341 g/mol. The number of fused-ring (bicyclic) bond motifs is 1. The van der Waals surface area contributed by atoms with Gasteiger partial charge in [0, 0.05) is 39.3 Å². The van der Waals surface area contributed by atoms with Gasteiger partial charge in [0.15, 0.2) is 0 Å². The number of hydrogen-bond donors (Lipinski definition) is 1. The number of nitrogens with zero attached hydrogens (tertiary/aromatic N) is 4. The fourth-order valence-corrected chi connectivity index (χ4v) is 3.68. The van der Waals surface area contributed by atoms with Crippen LogP contribution in [0.5, 0.6) is 0 Å². The van der Waals surface area contributed by atoms with E-state index >= 15 is 0 Å². The molecule has 4 rings (SSSR count). The lowest BCUT2D eigenvalue weighted by Crippen LogP contribution is -2.41. The highest BCUT2D eigenvalue weighted by atomic mass is 16.5. The van der Waals surface area contributed by atoms with Crippen LogP contribution in [0.1, 0.15) is 6.42 Å². The topological polar surface area (TPSA) is 53.5 Å². The predicted molar refractivity (Wildman–Crippen MR) is 99.8 cm³/mol. The van der Waals surface area contributed by atoms with E-state index in [1.807, 2.05) is 30.5 Å². The number of nitrogens with one attached hydrogen (secondary N) is 1. The van der Waals surface area contributed by atoms with Gasteiger partial charge in [-0.05, 0) is 31.0 Å². The molecule has 134 valence electrons. The van der Waals surface area contributed by atoms with Crippen molar-refractivity contribution in [2.45, 2.75) is 6.42 Å². The zero-order chi connectivity index (χ0) is 16.9. The summed E-state index contributed by atoms with van der Waals surface area (Å²) < 4.78 is 5.41. The molecule has 0 saturated carbocycles. The zero-order valence-electron chi connectivity index (χ0n) is 14.7. The molecule has 1 atom stereocenters. The maximum atomic E-state index is 5.41. The van der Waals surface area contributed by atoms with E-state index in [1.54, 1.807) is 0 Å². The van der Waals surface area contributed by atoms with E-state index in [9.17, 15) is 0 Å². The van der Waals surface area contributed by atoms with E-state index in [1.165, 1.54) is 32.6 Å². The molecule has 2 aliphatic heterocycles. The number of aromatic nitrogens is 2. The third-order valence-electron chi connectivity index (χ3n) is 5.23. The van der Waals surface area contributed by atoms with Gasteiger partial charge in [-0.15, -0.1) is 0 Å². The SMILES string of the molecule is c1ccc2nc(NC[C@H]3CCN(CCN4CCOCC4)C3)cnc2c1. The van der Waals surface area contributed by atoms with Gasteiger partial charge in [0.1, 0.15) is 5.82 Å². The van der Waals surface area contributed by atoms with Crippen molar-refractivity contribution in [2.75, 3.05) is 64.3 Å². The number of ether oxygens (including phenoxy) is 1. The quantitative estimate of drug-likeness (QED) is 0.863. The summed E-state index contributed by atoms with van der Waals surface area (Å²) >= 11 is 0.